The molecule has 0 saturated carbocycles. The maximum absolute atomic E-state index is 12.2. The minimum absolute atomic E-state index is 0.321. The van der Waals surface area contributed by atoms with Crippen LogP contribution in [0.15, 0.2) is 29.2 Å². The summed E-state index contributed by atoms with van der Waals surface area (Å²) in [6, 6.07) is 7.17. The van der Waals surface area contributed by atoms with E-state index in [1.54, 1.807) is 12.1 Å². The fourth-order valence-corrected chi connectivity index (χ4v) is 3.22. The van der Waals surface area contributed by atoms with Gasteiger partial charge in [0.1, 0.15) is 0 Å². The van der Waals surface area contributed by atoms with Crippen molar-refractivity contribution in [3.8, 4) is 0 Å². The molecule has 0 heterocycles. The van der Waals surface area contributed by atoms with Crippen molar-refractivity contribution in [2.45, 2.75) is 57.9 Å². The third-order valence-electron chi connectivity index (χ3n) is 3.16. The summed E-state index contributed by atoms with van der Waals surface area (Å²) in [5.41, 5.74) is 0.702. The van der Waals surface area contributed by atoms with E-state index in [4.69, 9.17) is 0 Å². The molecule has 1 atom stereocenters. The first-order valence-corrected chi connectivity index (χ1v) is 8.15. The fourth-order valence-electron chi connectivity index (χ4n) is 1.80. The Labute approximate surface area is 117 Å². The number of benzene rings is 1. The summed E-state index contributed by atoms with van der Waals surface area (Å²) in [7, 11) is -3.43. The van der Waals surface area contributed by atoms with Gasteiger partial charge in [-0.2, -0.15) is 0 Å². The molecule has 1 rings (SSSR count). The van der Waals surface area contributed by atoms with Crippen LogP contribution < -0.4 is 4.72 Å². The Hall–Kier alpha value is -0.870. The Morgan fingerprint density at radius 1 is 1.00 bits per heavy atom. The second kappa shape index (κ2) is 5.63. The zero-order valence-corrected chi connectivity index (χ0v) is 13.5. The summed E-state index contributed by atoms with van der Waals surface area (Å²) < 4.78 is 27.0. The van der Waals surface area contributed by atoms with Gasteiger partial charge in [0, 0.05) is 5.54 Å². The number of sulfonamides is 1. The van der Waals surface area contributed by atoms with Crippen LogP contribution in [-0.2, 0) is 10.0 Å². The van der Waals surface area contributed by atoms with E-state index in [0.29, 0.717) is 16.7 Å². The van der Waals surface area contributed by atoms with E-state index >= 15 is 0 Å². The molecule has 3 nitrogen and oxygen atoms in total. The predicted octanol–water partition coefficient (Wildman–Crippen LogP) is 3.52. The van der Waals surface area contributed by atoms with Gasteiger partial charge in [0.25, 0.3) is 0 Å². The average molecular weight is 283 g/mol. The van der Waals surface area contributed by atoms with Crippen molar-refractivity contribution in [3.05, 3.63) is 29.8 Å². The van der Waals surface area contributed by atoms with Crippen molar-refractivity contribution in [2.24, 2.45) is 5.92 Å². The topological polar surface area (TPSA) is 46.2 Å². The molecule has 19 heavy (non-hydrogen) atoms. The van der Waals surface area contributed by atoms with Gasteiger partial charge in [-0.15, -0.1) is 0 Å². The highest BCUT2D eigenvalue weighted by Gasteiger charge is 2.22. The summed E-state index contributed by atoms with van der Waals surface area (Å²) >= 11 is 0. The van der Waals surface area contributed by atoms with Crippen LogP contribution in [-0.4, -0.2) is 14.0 Å². The zero-order chi connectivity index (χ0) is 14.8. The number of rotatable bonds is 4. The lowest BCUT2D eigenvalue weighted by molar-refractivity contribution is 0.491. The normalized spacial score (nSPS) is 14.7. The van der Waals surface area contributed by atoms with E-state index in [9.17, 15) is 8.42 Å². The van der Waals surface area contributed by atoms with Gasteiger partial charge in [0.2, 0.25) is 10.0 Å². The van der Waals surface area contributed by atoms with Crippen molar-refractivity contribution in [1.29, 1.82) is 0 Å². The van der Waals surface area contributed by atoms with Gasteiger partial charge in [0.15, 0.2) is 0 Å². The van der Waals surface area contributed by atoms with Crippen LogP contribution in [0.3, 0.4) is 0 Å². The Morgan fingerprint density at radius 3 is 1.84 bits per heavy atom. The maximum Gasteiger partial charge on any atom is 0.241 e. The molecule has 0 radical (unpaired) electrons. The van der Waals surface area contributed by atoms with Crippen LogP contribution in [0.1, 0.15) is 53.0 Å². The highest BCUT2D eigenvalue weighted by Crippen LogP contribution is 2.24. The molecule has 0 aliphatic heterocycles. The van der Waals surface area contributed by atoms with Gasteiger partial charge in [-0.05, 0) is 50.3 Å². The molecular formula is C15H25NO2S. The lowest BCUT2D eigenvalue weighted by atomic mass is 9.90. The molecule has 0 fully saturated rings. The smallest absolute Gasteiger partial charge is 0.207 e. The summed E-state index contributed by atoms with van der Waals surface area (Å²) in [6.07, 6.45) is 0. The standard InChI is InChI=1S/C15H25NO2S/c1-11(2)12(3)13-7-9-14(10-8-13)19(17,18)16-15(4,5)6/h7-12,16H,1-6H3. The van der Waals surface area contributed by atoms with Gasteiger partial charge in [-0.25, -0.2) is 13.1 Å². The Bertz CT molecular complexity index is 510. The molecule has 0 aromatic heterocycles. The summed E-state index contributed by atoms with van der Waals surface area (Å²) in [5.74, 6) is 0.961. The van der Waals surface area contributed by atoms with E-state index in [1.807, 2.05) is 32.9 Å². The number of hydrogen-bond donors (Lipinski definition) is 1. The largest absolute Gasteiger partial charge is 0.241 e. The van der Waals surface area contributed by atoms with Crippen LogP contribution in [0, 0.1) is 5.92 Å². The van der Waals surface area contributed by atoms with Crippen LogP contribution >= 0.6 is 0 Å². The minimum Gasteiger partial charge on any atom is -0.207 e. The molecule has 0 bridgehead atoms. The molecule has 0 spiro atoms. The molecule has 0 aliphatic carbocycles. The van der Waals surface area contributed by atoms with Gasteiger partial charge >= 0.3 is 0 Å². The van der Waals surface area contributed by atoms with E-state index in [0.717, 1.165) is 0 Å². The van der Waals surface area contributed by atoms with Crippen molar-refractivity contribution in [1.82, 2.24) is 4.72 Å². The quantitative estimate of drug-likeness (QED) is 0.919. The maximum atomic E-state index is 12.2. The molecule has 1 unspecified atom stereocenters. The molecule has 1 aromatic carbocycles. The molecule has 0 saturated heterocycles. The zero-order valence-electron chi connectivity index (χ0n) is 12.7. The van der Waals surface area contributed by atoms with Gasteiger partial charge < -0.3 is 0 Å². The van der Waals surface area contributed by atoms with E-state index < -0.39 is 15.6 Å². The lowest BCUT2D eigenvalue weighted by Crippen LogP contribution is -2.40. The minimum atomic E-state index is -3.43. The monoisotopic (exact) mass is 283 g/mol. The predicted molar refractivity (Wildman–Crippen MR) is 79.8 cm³/mol. The highest BCUT2D eigenvalue weighted by molar-refractivity contribution is 7.89. The van der Waals surface area contributed by atoms with Gasteiger partial charge in [-0.3, -0.25) is 0 Å². The van der Waals surface area contributed by atoms with E-state index in [-0.39, 0.29) is 0 Å². The van der Waals surface area contributed by atoms with Crippen LogP contribution in [0.2, 0.25) is 0 Å². The summed E-state index contributed by atoms with van der Waals surface area (Å²) in [5, 5.41) is 0. The first-order chi connectivity index (χ1) is 8.53. The number of hydrogen-bond acceptors (Lipinski definition) is 2. The Morgan fingerprint density at radius 2 is 1.47 bits per heavy atom. The Kier molecular flexibility index (Phi) is 4.80. The van der Waals surface area contributed by atoms with E-state index in [2.05, 4.69) is 25.5 Å². The first-order valence-electron chi connectivity index (χ1n) is 6.67. The van der Waals surface area contributed by atoms with Crippen LogP contribution in [0.25, 0.3) is 0 Å². The van der Waals surface area contributed by atoms with Crippen LogP contribution in [0.5, 0.6) is 0 Å². The summed E-state index contributed by atoms with van der Waals surface area (Å²) in [4.78, 5) is 0.321. The molecule has 1 N–H and O–H groups in total. The molecule has 1 aromatic rings. The second-order valence-corrected chi connectivity index (χ2v) is 8.14. The lowest BCUT2D eigenvalue weighted by Gasteiger charge is -2.21. The third kappa shape index (κ3) is 4.62. The van der Waals surface area contributed by atoms with Gasteiger partial charge in [0.05, 0.1) is 4.90 Å². The second-order valence-electron chi connectivity index (χ2n) is 6.46. The van der Waals surface area contributed by atoms with E-state index in [1.165, 1.54) is 5.56 Å². The highest BCUT2D eigenvalue weighted by atomic mass is 32.2. The molecule has 108 valence electrons. The molecule has 0 amide bonds. The first kappa shape index (κ1) is 16.2. The van der Waals surface area contributed by atoms with Crippen LogP contribution in [0.4, 0.5) is 0 Å². The fraction of sp³-hybridized carbons (Fsp3) is 0.600. The third-order valence-corrected chi connectivity index (χ3v) is 4.93. The summed E-state index contributed by atoms with van der Waals surface area (Å²) in [6.45, 7) is 12.0. The molecule has 0 aliphatic rings. The van der Waals surface area contributed by atoms with Crippen molar-refractivity contribution in [2.75, 3.05) is 0 Å². The molecule has 4 heteroatoms. The SMILES string of the molecule is CC(C)C(C)c1ccc(S(=O)(=O)NC(C)(C)C)cc1. The van der Waals surface area contributed by atoms with Crippen molar-refractivity contribution in [3.63, 3.8) is 0 Å². The number of nitrogens with one attached hydrogen (secondary N) is 1. The molecular weight excluding hydrogens is 258 g/mol. The Balaban J connectivity index is 2.99. The van der Waals surface area contributed by atoms with Crippen molar-refractivity contribution < 1.29 is 8.42 Å². The van der Waals surface area contributed by atoms with Crippen molar-refractivity contribution >= 4 is 10.0 Å². The average Bonchev–Trinajstić information content (AvgIpc) is 2.25. The van der Waals surface area contributed by atoms with Gasteiger partial charge in [-0.1, -0.05) is 32.9 Å².